The Morgan fingerprint density at radius 3 is 2.37 bits per heavy atom. The molecule has 1 aliphatic heterocycles. The molecule has 0 amide bonds. The number of hydrogen-bond acceptors (Lipinski definition) is 5. The molecular formula is C28H24ClF3N6. The average Bonchev–Trinajstić information content (AvgIpc) is 3.33. The molecule has 1 fully saturated rings. The predicted molar refractivity (Wildman–Crippen MR) is 144 cm³/mol. The molecule has 10 heteroatoms. The second kappa shape index (κ2) is 9.16. The Kier molecular flexibility index (Phi) is 5.90. The van der Waals surface area contributed by atoms with Crippen molar-refractivity contribution in [3.05, 3.63) is 82.4 Å². The number of rotatable bonds is 3. The number of aromatic nitrogens is 4. The van der Waals surface area contributed by atoms with Crippen molar-refractivity contribution in [1.29, 1.82) is 0 Å². The van der Waals surface area contributed by atoms with Gasteiger partial charge in [-0.3, -0.25) is 0 Å². The molecule has 194 valence electrons. The second-order valence-electron chi connectivity index (χ2n) is 9.54. The summed E-state index contributed by atoms with van der Waals surface area (Å²) < 4.78 is 41.8. The molecule has 0 radical (unpaired) electrons. The van der Waals surface area contributed by atoms with E-state index in [4.69, 9.17) is 16.6 Å². The van der Waals surface area contributed by atoms with Gasteiger partial charge >= 0.3 is 6.18 Å². The summed E-state index contributed by atoms with van der Waals surface area (Å²) in [5.41, 5.74) is 4.74. The van der Waals surface area contributed by atoms with Crippen molar-refractivity contribution in [2.75, 3.05) is 36.0 Å². The largest absolute Gasteiger partial charge is 0.416 e. The zero-order valence-electron chi connectivity index (χ0n) is 20.8. The molecule has 0 spiro atoms. The zero-order chi connectivity index (χ0) is 26.6. The summed E-state index contributed by atoms with van der Waals surface area (Å²) in [6.45, 7) is 7.31. The van der Waals surface area contributed by atoms with Gasteiger partial charge in [-0.05, 0) is 61.4 Å². The van der Waals surface area contributed by atoms with E-state index in [9.17, 15) is 13.2 Å². The Morgan fingerprint density at radius 2 is 1.61 bits per heavy atom. The van der Waals surface area contributed by atoms with E-state index in [1.54, 1.807) is 16.6 Å². The molecule has 6 rings (SSSR count). The minimum Gasteiger partial charge on any atom is -0.368 e. The minimum atomic E-state index is -4.46. The van der Waals surface area contributed by atoms with Crippen molar-refractivity contribution in [3.8, 4) is 11.3 Å². The third-order valence-corrected chi connectivity index (χ3v) is 7.48. The van der Waals surface area contributed by atoms with Gasteiger partial charge in [0, 0.05) is 47.8 Å². The normalized spacial score (nSPS) is 14.6. The summed E-state index contributed by atoms with van der Waals surface area (Å²) in [4.78, 5) is 9.50. The number of piperazine rings is 1. The molecule has 0 bridgehead atoms. The quantitative estimate of drug-likeness (QED) is 0.261. The Hall–Kier alpha value is -3.85. The van der Waals surface area contributed by atoms with Crippen LogP contribution in [0.5, 0.6) is 0 Å². The van der Waals surface area contributed by atoms with Gasteiger partial charge in [-0.25, -0.2) is 4.98 Å². The van der Waals surface area contributed by atoms with Crippen molar-refractivity contribution >= 4 is 39.7 Å². The second-order valence-corrected chi connectivity index (χ2v) is 9.98. The lowest BCUT2D eigenvalue weighted by atomic mass is 10.1. The van der Waals surface area contributed by atoms with E-state index in [1.165, 1.54) is 22.9 Å². The lowest BCUT2D eigenvalue weighted by Crippen LogP contribution is -2.47. The molecule has 38 heavy (non-hydrogen) atoms. The number of benzene rings is 3. The Morgan fingerprint density at radius 1 is 0.868 bits per heavy atom. The van der Waals surface area contributed by atoms with Gasteiger partial charge in [-0.15, -0.1) is 5.10 Å². The smallest absolute Gasteiger partial charge is 0.368 e. The fraction of sp³-hybridized carbons (Fsp3) is 0.250. The number of alkyl halides is 3. The molecule has 1 aliphatic rings. The van der Waals surface area contributed by atoms with Gasteiger partial charge in [0.1, 0.15) is 11.5 Å². The van der Waals surface area contributed by atoms with Crippen LogP contribution < -0.4 is 9.80 Å². The maximum Gasteiger partial charge on any atom is 0.416 e. The van der Waals surface area contributed by atoms with Crippen LogP contribution in [0.1, 0.15) is 16.7 Å². The molecule has 0 aliphatic carbocycles. The molecule has 6 nitrogen and oxygen atoms in total. The van der Waals surface area contributed by atoms with Crippen LogP contribution in [0, 0.1) is 13.8 Å². The predicted octanol–water partition coefficient (Wildman–Crippen LogP) is 6.56. The Bertz CT molecular complexity index is 1670. The number of nitrogens with zero attached hydrogens (tertiary/aromatic N) is 6. The van der Waals surface area contributed by atoms with Crippen LogP contribution in [-0.2, 0) is 6.18 Å². The van der Waals surface area contributed by atoms with E-state index < -0.39 is 11.7 Å². The Labute approximate surface area is 222 Å². The maximum atomic E-state index is 13.4. The van der Waals surface area contributed by atoms with E-state index in [-0.39, 0.29) is 0 Å². The highest BCUT2D eigenvalue weighted by atomic mass is 35.5. The highest BCUT2D eigenvalue weighted by molar-refractivity contribution is 6.31. The van der Waals surface area contributed by atoms with Crippen LogP contribution >= 0.6 is 11.6 Å². The van der Waals surface area contributed by atoms with Crippen molar-refractivity contribution in [1.82, 2.24) is 19.8 Å². The third kappa shape index (κ3) is 4.20. The van der Waals surface area contributed by atoms with Crippen LogP contribution in [0.25, 0.3) is 27.8 Å². The molecule has 0 unspecified atom stereocenters. The first kappa shape index (κ1) is 24.5. The summed E-state index contributed by atoms with van der Waals surface area (Å²) in [6.07, 6.45) is -4.46. The molecule has 0 atom stereocenters. The highest BCUT2D eigenvalue weighted by Gasteiger charge is 2.31. The number of halogens is 4. The highest BCUT2D eigenvalue weighted by Crippen LogP contribution is 2.35. The van der Waals surface area contributed by atoms with E-state index >= 15 is 0 Å². The number of anilines is 2. The first-order valence-electron chi connectivity index (χ1n) is 12.3. The van der Waals surface area contributed by atoms with Crippen molar-refractivity contribution in [2.24, 2.45) is 0 Å². The van der Waals surface area contributed by atoms with Crippen LogP contribution in [0.4, 0.5) is 24.7 Å². The first-order valence-corrected chi connectivity index (χ1v) is 12.7. The average molecular weight is 537 g/mol. The van der Waals surface area contributed by atoms with Crippen LogP contribution in [0.15, 0.2) is 60.7 Å². The van der Waals surface area contributed by atoms with Crippen LogP contribution in [0.3, 0.4) is 0 Å². The molecule has 1 saturated heterocycles. The first-order chi connectivity index (χ1) is 18.2. The number of aryl methyl sites for hydroxylation is 1. The lowest BCUT2D eigenvalue weighted by molar-refractivity contribution is -0.137. The van der Waals surface area contributed by atoms with Crippen molar-refractivity contribution < 1.29 is 13.2 Å². The zero-order valence-corrected chi connectivity index (χ0v) is 21.6. The number of hydrogen-bond donors (Lipinski definition) is 0. The third-order valence-electron chi connectivity index (χ3n) is 7.25. The standard InChI is InChI=1S/C28H24ClF3N6/c1-17-5-3-8-23(18(17)2)36-11-13-37(14-12-36)26-22-16-21(29)9-10-24(22)38-27(33-26)25(34-35-38)19-6-4-7-20(15-19)28(30,31)32/h3-10,15-16H,11-14H2,1-2H3. The molecule has 3 aromatic carbocycles. The molecule has 2 aromatic heterocycles. The molecule has 0 saturated carbocycles. The van der Waals surface area contributed by atoms with E-state index in [1.807, 2.05) is 12.1 Å². The van der Waals surface area contributed by atoms with Gasteiger partial charge in [0.25, 0.3) is 0 Å². The van der Waals surface area contributed by atoms with Crippen molar-refractivity contribution in [2.45, 2.75) is 20.0 Å². The van der Waals surface area contributed by atoms with Gasteiger partial charge < -0.3 is 9.80 Å². The van der Waals surface area contributed by atoms with Gasteiger partial charge in [-0.1, -0.05) is 41.1 Å². The summed E-state index contributed by atoms with van der Waals surface area (Å²) in [5.74, 6) is 0.714. The van der Waals surface area contributed by atoms with E-state index in [0.717, 1.165) is 49.2 Å². The SMILES string of the molecule is Cc1cccc(N2CCN(c3nc4c(-c5cccc(C(F)(F)F)c5)nnn4c4ccc(Cl)cc34)CC2)c1C. The summed E-state index contributed by atoms with van der Waals surface area (Å²) in [6, 6.07) is 16.9. The van der Waals surface area contributed by atoms with Crippen molar-refractivity contribution in [3.63, 3.8) is 0 Å². The maximum absolute atomic E-state index is 13.4. The topological polar surface area (TPSA) is 49.6 Å². The fourth-order valence-corrected chi connectivity index (χ4v) is 5.25. The lowest BCUT2D eigenvalue weighted by Gasteiger charge is -2.38. The summed E-state index contributed by atoms with van der Waals surface area (Å²) in [5, 5.41) is 9.87. The molecular weight excluding hydrogens is 513 g/mol. The van der Waals surface area contributed by atoms with Gasteiger partial charge in [-0.2, -0.15) is 17.7 Å². The monoisotopic (exact) mass is 536 g/mol. The van der Waals surface area contributed by atoms with E-state index in [2.05, 4.69) is 52.2 Å². The van der Waals surface area contributed by atoms with E-state index in [0.29, 0.717) is 27.7 Å². The fourth-order valence-electron chi connectivity index (χ4n) is 5.08. The van der Waals surface area contributed by atoms with Crippen LogP contribution in [0.2, 0.25) is 5.02 Å². The summed E-state index contributed by atoms with van der Waals surface area (Å²) in [7, 11) is 0. The minimum absolute atomic E-state index is 0.295. The summed E-state index contributed by atoms with van der Waals surface area (Å²) >= 11 is 6.37. The molecule has 0 N–H and O–H groups in total. The Balaban J connectivity index is 1.43. The van der Waals surface area contributed by atoms with Gasteiger partial charge in [0.2, 0.25) is 0 Å². The molecule has 3 heterocycles. The van der Waals surface area contributed by atoms with Crippen LogP contribution in [-0.4, -0.2) is 46.0 Å². The molecule has 5 aromatic rings. The number of fused-ring (bicyclic) bond motifs is 3. The van der Waals surface area contributed by atoms with Gasteiger partial charge in [0.05, 0.1) is 11.1 Å². The van der Waals surface area contributed by atoms with Gasteiger partial charge in [0.15, 0.2) is 5.65 Å².